The highest BCUT2D eigenvalue weighted by Gasteiger charge is 2.11. The van der Waals surface area contributed by atoms with Gasteiger partial charge in [-0.2, -0.15) is 0 Å². The van der Waals surface area contributed by atoms with E-state index in [9.17, 15) is 9.18 Å². The number of hydrogen-bond acceptors (Lipinski definition) is 3. The Bertz CT molecular complexity index is 512. The van der Waals surface area contributed by atoms with Crippen molar-refractivity contribution in [3.05, 3.63) is 40.1 Å². The quantitative estimate of drug-likeness (QED) is 0.754. The molecule has 0 saturated heterocycles. The van der Waals surface area contributed by atoms with Gasteiger partial charge in [0.1, 0.15) is 5.01 Å². The minimum atomic E-state index is -0.508. The van der Waals surface area contributed by atoms with E-state index in [-0.39, 0.29) is 5.02 Å². The van der Waals surface area contributed by atoms with Crippen molar-refractivity contribution >= 4 is 29.2 Å². The summed E-state index contributed by atoms with van der Waals surface area (Å²) >= 11 is 6.77. The topological polar surface area (TPSA) is 30.0 Å². The first-order valence-corrected chi connectivity index (χ1v) is 5.27. The molecule has 1 aromatic heterocycles. The van der Waals surface area contributed by atoms with E-state index in [4.69, 9.17) is 11.6 Å². The van der Waals surface area contributed by atoms with Gasteiger partial charge in [0.25, 0.3) is 0 Å². The maximum Gasteiger partial charge on any atom is 0.161 e. The minimum absolute atomic E-state index is 0.0513. The number of thiazole rings is 1. The van der Waals surface area contributed by atoms with Crippen molar-refractivity contribution in [2.24, 2.45) is 0 Å². The molecule has 0 fully saturated rings. The maximum absolute atomic E-state index is 13.5. The zero-order chi connectivity index (χ0) is 10.8. The van der Waals surface area contributed by atoms with Crippen LogP contribution in [-0.4, -0.2) is 11.3 Å². The van der Waals surface area contributed by atoms with E-state index in [1.54, 1.807) is 12.1 Å². The molecule has 0 radical (unpaired) electrons. The van der Waals surface area contributed by atoms with Crippen molar-refractivity contribution in [1.29, 1.82) is 0 Å². The number of carbonyl (C=O) groups is 1. The number of aldehydes is 1. The van der Waals surface area contributed by atoms with Gasteiger partial charge in [0, 0.05) is 11.8 Å². The number of carbonyl (C=O) groups excluding carboxylic acids is 1. The van der Waals surface area contributed by atoms with Crippen LogP contribution in [-0.2, 0) is 0 Å². The smallest absolute Gasteiger partial charge is 0.161 e. The minimum Gasteiger partial charge on any atom is -0.297 e. The molecule has 0 unspecified atom stereocenters. The molecular formula is C10H5ClFNOS. The SMILES string of the molecule is O=Cc1cnc(-c2cccc(Cl)c2F)s1. The Morgan fingerprint density at radius 2 is 2.27 bits per heavy atom. The van der Waals surface area contributed by atoms with Crippen molar-refractivity contribution in [3.8, 4) is 10.6 Å². The highest BCUT2D eigenvalue weighted by Crippen LogP contribution is 2.29. The van der Waals surface area contributed by atoms with Crippen LogP contribution in [0.5, 0.6) is 0 Å². The molecule has 0 aliphatic heterocycles. The monoisotopic (exact) mass is 241 g/mol. The summed E-state index contributed by atoms with van der Waals surface area (Å²) in [5.74, 6) is -0.508. The average Bonchev–Trinajstić information content (AvgIpc) is 2.70. The summed E-state index contributed by atoms with van der Waals surface area (Å²) in [6.07, 6.45) is 2.09. The van der Waals surface area contributed by atoms with Gasteiger partial charge in [-0.3, -0.25) is 4.79 Å². The highest BCUT2D eigenvalue weighted by molar-refractivity contribution is 7.16. The second kappa shape index (κ2) is 4.08. The molecule has 76 valence electrons. The van der Waals surface area contributed by atoms with E-state index in [0.717, 1.165) is 11.3 Å². The van der Waals surface area contributed by atoms with Crippen LogP contribution in [0.1, 0.15) is 9.67 Å². The van der Waals surface area contributed by atoms with E-state index in [1.165, 1.54) is 12.3 Å². The summed E-state index contributed by atoms with van der Waals surface area (Å²) < 4.78 is 13.5. The fraction of sp³-hybridized carbons (Fsp3) is 0. The van der Waals surface area contributed by atoms with Gasteiger partial charge in [-0.25, -0.2) is 9.37 Å². The van der Waals surface area contributed by atoms with Crippen molar-refractivity contribution in [1.82, 2.24) is 4.98 Å². The van der Waals surface area contributed by atoms with Crippen LogP contribution in [0.2, 0.25) is 5.02 Å². The van der Waals surface area contributed by atoms with Crippen LogP contribution >= 0.6 is 22.9 Å². The van der Waals surface area contributed by atoms with E-state index in [1.807, 2.05) is 0 Å². The normalized spacial score (nSPS) is 10.3. The van der Waals surface area contributed by atoms with E-state index < -0.39 is 5.82 Å². The van der Waals surface area contributed by atoms with Crippen molar-refractivity contribution < 1.29 is 9.18 Å². The lowest BCUT2D eigenvalue weighted by molar-refractivity contribution is 0.112. The predicted molar refractivity (Wildman–Crippen MR) is 57.9 cm³/mol. The molecule has 2 rings (SSSR count). The van der Waals surface area contributed by atoms with E-state index in [0.29, 0.717) is 21.7 Å². The van der Waals surface area contributed by atoms with E-state index in [2.05, 4.69) is 4.98 Å². The lowest BCUT2D eigenvalue weighted by Gasteiger charge is -1.99. The zero-order valence-electron chi connectivity index (χ0n) is 7.41. The van der Waals surface area contributed by atoms with Gasteiger partial charge in [-0.15, -0.1) is 11.3 Å². The summed E-state index contributed by atoms with van der Waals surface area (Å²) in [6, 6.07) is 4.69. The third-order valence-electron chi connectivity index (χ3n) is 1.82. The number of hydrogen-bond donors (Lipinski definition) is 0. The molecule has 5 heteroatoms. The lowest BCUT2D eigenvalue weighted by Crippen LogP contribution is -1.83. The van der Waals surface area contributed by atoms with Crippen LogP contribution in [0, 0.1) is 5.82 Å². The van der Waals surface area contributed by atoms with Crippen LogP contribution in [0.15, 0.2) is 24.4 Å². The van der Waals surface area contributed by atoms with Gasteiger partial charge in [0.2, 0.25) is 0 Å². The Balaban J connectivity index is 2.53. The Morgan fingerprint density at radius 1 is 1.47 bits per heavy atom. The van der Waals surface area contributed by atoms with Crippen LogP contribution in [0.4, 0.5) is 4.39 Å². The molecule has 0 spiro atoms. The molecule has 2 nitrogen and oxygen atoms in total. The summed E-state index contributed by atoms with van der Waals surface area (Å²) in [7, 11) is 0. The average molecular weight is 242 g/mol. The van der Waals surface area contributed by atoms with Crippen LogP contribution < -0.4 is 0 Å². The number of aromatic nitrogens is 1. The molecule has 0 atom stereocenters. The Kier molecular flexibility index (Phi) is 2.79. The van der Waals surface area contributed by atoms with Gasteiger partial charge < -0.3 is 0 Å². The Hall–Kier alpha value is -1.26. The third-order valence-corrected chi connectivity index (χ3v) is 3.07. The second-order valence-electron chi connectivity index (χ2n) is 2.79. The van der Waals surface area contributed by atoms with Gasteiger partial charge in [-0.05, 0) is 12.1 Å². The molecule has 1 aromatic carbocycles. The zero-order valence-corrected chi connectivity index (χ0v) is 8.98. The lowest BCUT2D eigenvalue weighted by atomic mass is 10.2. The summed E-state index contributed by atoms with van der Waals surface area (Å²) in [6.45, 7) is 0. The first kappa shape index (κ1) is 10.3. The summed E-state index contributed by atoms with van der Waals surface area (Å²) in [4.78, 5) is 14.9. The standard InChI is InChI=1S/C10H5ClFNOS/c11-8-3-1-2-7(9(8)12)10-13-4-6(5-14)15-10/h1-5H. The molecule has 15 heavy (non-hydrogen) atoms. The first-order valence-electron chi connectivity index (χ1n) is 4.08. The Morgan fingerprint density at radius 3 is 2.93 bits per heavy atom. The summed E-state index contributed by atoms with van der Waals surface area (Å²) in [5, 5.41) is 0.507. The first-order chi connectivity index (χ1) is 7.22. The van der Waals surface area contributed by atoms with Gasteiger partial charge in [-0.1, -0.05) is 17.7 Å². The summed E-state index contributed by atoms with van der Waals surface area (Å²) in [5.41, 5.74) is 0.320. The van der Waals surface area contributed by atoms with Gasteiger partial charge in [0.15, 0.2) is 12.1 Å². The maximum atomic E-state index is 13.5. The van der Waals surface area contributed by atoms with Gasteiger partial charge >= 0.3 is 0 Å². The highest BCUT2D eigenvalue weighted by atomic mass is 35.5. The Labute approximate surface area is 94.3 Å². The van der Waals surface area contributed by atoms with Gasteiger partial charge in [0.05, 0.1) is 9.90 Å². The molecule has 1 heterocycles. The fourth-order valence-corrected chi connectivity index (χ4v) is 2.06. The molecule has 0 saturated carbocycles. The molecule has 0 N–H and O–H groups in total. The molecular weight excluding hydrogens is 237 g/mol. The van der Waals surface area contributed by atoms with E-state index >= 15 is 0 Å². The third kappa shape index (κ3) is 1.91. The number of rotatable bonds is 2. The molecule has 0 bridgehead atoms. The van der Waals surface area contributed by atoms with Crippen LogP contribution in [0.25, 0.3) is 10.6 Å². The second-order valence-corrected chi connectivity index (χ2v) is 4.26. The number of halogens is 2. The van der Waals surface area contributed by atoms with Crippen molar-refractivity contribution in [2.45, 2.75) is 0 Å². The largest absolute Gasteiger partial charge is 0.297 e. The molecule has 0 aliphatic carbocycles. The molecule has 0 amide bonds. The number of nitrogens with zero attached hydrogens (tertiary/aromatic N) is 1. The fourth-order valence-electron chi connectivity index (χ4n) is 1.13. The van der Waals surface area contributed by atoms with Crippen molar-refractivity contribution in [2.75, 3.05) is 0 Å². The van der Waals surface area contributed by atoms with Crippen molar-refractivity contribution in [3.63, 3.8) is 0 Å². The molecule has 0 aliphatic rings. The predicted octanol–water partition coefficient (Wildman–Crippen LogP) is 3.42. The molecule has 2 aromatic rings. The number of benzene rings is 1. The van der Waals surface area contributed by atoms with Crippen LogP contribution in [0.3, 0.4) is 0 Å².